The van der Waals surface area contributed by atoms with E-state index in [4.69, 9.17) is 38.2 Å². The van der Waals surface area contributed by atoms with Gasteiger partial charge >= 0.3 is 11.9 Å². The molecule has 0 saturated carbocycles. The van der Waals surface area contributed by atoms with Crippen LogP contribution in [0.1, 0.15) is 101 Å². The van der Waals surface area contributed by atoms with E-state index < -0.39 is 19.7 Å². The molecule has 0 saturated heterocycles. The first kappa shape index (κ1) is 52.1. The summed E-state index contributed by atoms with van der Waals surface area (Å²) in [5.74, 6) is 1.67. The Kier molecular flexibility index (Phi) is 20.1. The lowest BCUT2D eigenvalue weighted by Crippen LogP contribution is -3.00. The highest BCUT2D eigenvalue weighted by Gasteiger charge is 2.37. The summed E-state index contributed by atoms with van der Waals surface area (Å²) in [6.45, 7) is 18.9. The zero-order chi connectivity index (χ0) is 44.8. The average Bonchev–Trinajstić information content (AvgIpc) is 3.23. The molecule has 4 aromatic carbocycles. The second-order valence-corrected chi connectivity index (χ2v) is 17.3. The maximum Gasteiger partial charge on any atom is 0.318 e. The van der Waals surface area contributed by atoms with Gasteiger partial charge in [0, 0.05) is 22.3 Å². The van der Waals surface area contributed by atoms with Crippen molar-refractivity contribution in [1.82, 2.24) is 0 Å². The van der Waals surface area contributed by atoms with Gasteiger partial charge in [0.25, 0.3) is 7.82 Å². The number of hydrogen-bond acceptors (Lipinski definition) is 8. The summed E-state index contributed by atoms with van der Waals surface area (Å²) >= 11 is 0. The Morgan fingerprint density at radius 3 is 1.08 bits per heavy atom. The number of ether oxygens (including phenoxy) is 4. The summed E-state index contributed by atoms with van der Waals surface area (Å²) in [4.78, 5) is 49.6. The molecule has 12 nitrogen and oxygen atoms in total. The third-order valence-corrected chi connectivity index (χ3v) is 11.7. The lowest BCUT2D eigenvalue weighted by Gasteiger charge is -2.36. The van der Waals surface area contributed by atoms with Crippen LogP contribution < -0.4 is 26.8 Å². The Labute approximate surface area is 374 Å². The van der Waals surface area contributed by atoms with Gasteiger partial charge in [0.2, 0.25) is 0 Å². The van der Waals surface area contributed by atoms with E-state index in [0.29, 0.717) is 0 Å². The van der Waals surface area contributed by atoms with E-state index in [1.807, 2.05) is 97.1 Å². The topological polar surface area (TPSA) is 152 Å². The molecule has 2 heterocycles. The quantitative estimate of drug-likeness (QED) is 0.0816. The second-order valence-electron chi connectivity index (χ2n) is 16.3. The summed E-state index contributed by atoms with van der Waals surface area (Å²) in [5.41, 5.74) is 3.51. The van der Waals surface area contributed by atoms with E-state index in [9.17, 15) is 9.59 Å². The van der Waals surface area contributed by atoms with Gasteiger partial charge in [-0.15, -0.1) is 0 Å². The van der Waals surface area contributed by atoms with Gasteiger partial charge in [-0.05, 0) is 63.8 Å². The van der Waals surface area contributed by atoms with Crippen LogP contribution in [-0.4, -0.2) is 96.3 Å². The fourth-order valence-electron chi connectivity index (χ4n) is 8.11. The Hall–Kier alpha value is -4.26. The summed E-state index contributed by atoms with van der Waals surface area (Å²) in [6, 6.07) is 31.0. The standard InChI is InChI=1S/2C24H32NO3.ClH.H3O4P/c2*1-5-16-25(4,7-3)17-18(6-2)27-24(26)23-19-12-8-10-14-21(19)28-22-15-11-9-13-20(22)23;;1-5(2,3)4/h2*8-15,18,23H,5-7,16-17H2,1-4H3;1H;(H3,1,2,3,4)/q2*+1;;/p-2. The van der Waals surface area contributed by atoms with Crippen molar-refractivity contribution in [3.8, 4) is 23.0 Å². The molecular formula is C48H66ClN2O10P. The number of quaternary nitrogens is 2. The van der Waals surface area contributed by atoms with Gasteiger partial charge in [0.1, 0.15) is 47.9 Å². The maximum absolute atomic E-state index is 13.3. The average molecular weight is 897 g/mol. The number of rotatable bonds is 16. The minimum atomic E-state index is -4.89. The molecule has 2 aliphatic heterocycles. The van der Waals surface area contributed by atoms with Crippen LogP contribution in [0.15, 0.2) is 97.1 Å². The molecule has 0 amide bonds. The van der Waals surface area contributed by atoms with Gasteiger partial charge in [-0.2, -0.15) is 0 Å². The van der Waals surface area contributed by atoms with Crippen molar-refractivity contribution >= 4 is 19.8 Å². The number of esters is 2. The third-order valence-electron chi connectivity index (χ3n) is 11.7. The molecule has 14 heteroatoms. The van der Waals surface area contributed by atoms with Crippen LogP contribution in [0.4, 0.5) is 0 Å². The van der Waals surface area contributed by atoms with E-state index in [0.717, 1.165) is 119 Å². The van der Waals surface area contributed by atoms with Crippen LogP contribution in [0.25, 0.3) is 0 Å². The maximum atomic E-state index is 13.3. The number of carbonyl (C=O) groups excluding carboxylic acids is 2. The number of para-hydroxylation sites is 4. The Bertz CT molecular complexity index is 1860. The van der Waals surface area contributed by atoms with Crippen LogP contribution >= 0.6 is 7.82 Å². The largest absolute Gasteiger partial charge is 1.00 e. The van der Waals surface area contributed by atoms with Crippen molar-refractivity contribution in [2.75, 3.05) is 53.4 Å². The number of phosphoric acid groups is 1. The molecule has 0 bridgehead atoms. The molecule has 0 radical (unpaired) electrons. The number of hydrogen-bond donors (Lipinski definition) is 2. The molecule has 0 aromatic heterocycles. The lowest BCUT2D eigenvalue weighted by molar-refractivity contribution is -0.910. The summed E-state index contributed by atoms with van der Waals surface area (Å²) in [6.07, 6.45) is 3.69. The highest BCUT2D eigenvalue weighted by molar-refractivity contribution is 7.43. The number of fused-ring (bicyclic) bond motifs is 4. The van der Waals surface area contributed by atoms with Crippen LogP contribution in [0.3, 0.4) is 0 Å². The Morgan fingerprint density at radius 2 is 0.855 bits per heavy atom. The normalized spacial score (nSPS) is 15.7. The molecule has 340 valence electrons. The molecular weight excluding hydrogens is 831 g/mol. The highest BCUT2D eigenvalue weighted by Crippen LogP contribution is 2.46. The molecule has 62 heavy (non-hydrogen) atoms. The number of nitrogens with zero attached hydrogens (tertiary/aromatic N) is 2. The zero-order valence-electron chi connectivity index (χ0n) is 37.5. The molecule has 2 N–H and O–H groups in total. The van der Waals surface area contributed by atoms with Crippen molar-refractivity contribution in [2.24, 2.45) is 0 Å². The van der Waals surface area contributed by atoms with E-state index in [1.54, 1.807) is 0 Å². The van der Waals surface area contributed by atoms with Gasteiger partial charge in [-0.3, -0.25) is 14.2 Å². The van der Waals surface area contributed by atoms with Crippen molar-refractivity contribution in [3.63, 3.8) is 0 Å². The summed E-state index contributed by atoms with van der Waals surface area (Å²) < 4.78 is 34.8. The fourth-order valence-corrected chi connectivity index (χ4v) is 8.11. The van der Waals surface area contributed by atoms with Crippen molar-refractivity contribution < 1.29 is 69.2 Å². The van der Waals surface area contributed by atoms with E-state index in [-0.39, 0.29) is 36.6 Å². The van der Waals surface area contributed by atoms with Gasteiger partial charge in [-0.25, -0.2) is 0 Å². The molecule has 6 rings (SSSR count). The van der Waals surface area contributed by atoms with E-state index in [1.165, 1.54) is 0 Å². The first-order valence-corrected chi connectivity index (χ1v) is 23.1. The highest BCUT2D eigenvalue weighted by atomic mass is 35.5. The minimum Gasteiger partial charge on any atom is -1.00 e. The number of benzene rings is 4. The molecule has 4 atom stereocenters. The molecule has 0 aliphatic carbocycles. The smallest absolute Gasteiger partial charge is 0.318 e. The predicted molar refractivity (Wildman–Crippen MR) is 235 cm³/mol. The van der Waals surface area contributed by atoms with E-state index in [2.05, 4.69) is 55.6 Å². The Balaban J connectivity index is 0.000000294. The van der Waals surface area contributed by atoms with Gasteiger partial charge in [0.15, 0.2) is 12.2 Å². The summed E-state index contributed by atoms with van der Waals surface area (Å²) in [7, 11) is -0.391. The Morgan fingerprint density at radius 1 is 0.597 bits per heavy atom. The molecule has 2 aliphatic rings. The van der Waals surface area contributed by atoms with Crippen molar-refractivity contribution in [2.45, 2.75) is 91.3 Å². The van der Waals surface area contributed by atoms with Crippen LogP contribution in [0, 0.1) is 0 Å². The van der Waals surface area contributed by atoms with Crippen LogP contribution in [0.5, 0.6) is 23.0 Å². The fraction of sp³-hybridized carbons (Fsp3) is 0.458. The second kappa shape index (κ2) is 24.0. The SMILES string of the molecule is CCC[N+](C)(CC)CC(CC)OC(=O)C1c2ccccc2Oc2ccccc21.CCC[N+](C)(CC)CC(CC)OC(=O)C1c2ccccc2Oc2ccccc21.O=P([O-])(O)O.[Cl-]. The van der Waals surface area contributed by atoms with Gasteiger partial charge in [-0.1, -0.05) is 100 Å². The summed E-state index contributed by atoms with van der Waals surface area (Å²) in [5, 5.41) is 0. The predicted octanol–water partition coefficient (Wildman–Crippen LogP) is 5.69. The zero-order valence-corrected chi connectivity index (χ0v) is 39.1. The molecule has 0 fully saturated rings. The van der Waals surface area contributed by atoms with Crippen LogP contribution in [0.2, 0.25) is 0 Å². The minimum absolute atomic E-state index is 0. The first-order valence-electron chi connectivity index (χ1n) is 21.6. The van der Waals surface area contributed by atoms with Crippen molar-refractivity contribution in [1.29, 1.82) is 0 Å². The van der Waals surface area contributed by atoms with Crippen LogP contribution in [-0.2, 0) is 23.6 Å². The first-order chi connectivity index (χ1) is 29.0. The third kappa shape index (κ3) is 14.4. The molecule has 4 unspecified atom stereocenters. The monoisotopic (exact) mass is 896 g/mol. The molecule has 4 aromatic rings. The van der Waals surface area contributed by atoms with Crippen molar-refractivity contribution in [3.05, 3.63) is 119 Å². The molecule has 0 spiro atoms. The van der Waals surface area contributed by atoms with Gasteiger partial charge in [0.05, 0.1) is 40.3 Å². The lowest BCUT2D eigenvalue weighted by atomic mass is 9.88. The number of halogens is 1. The van der Waals surface area contributed by atoms with Gasteiger partial charge < -0.3 is 55.0 Å². The van der Waals surface area contributed by atoms with E-state index >= 15 is 0 Å². The number of likely N-dealkylation sites (N-methyl/N-ethyl adjacent to an activating group) is 2. The number of carbonyl (C=O) groups is 2.